The third-order valence-corrected chi connectivity index (χ3v) is 3.42. The fourth-order valence-corrected chi connectivity index (χ4v) is 2.49. The number of aliphatic carboxylic acids is 1. The van der Waals surface area contributed by atoms with Crippen LogP contribution in [0.5, 0.6) is 0 Å². The minimum absolute atomic E-state index is 0.198. The van der Waals surface area contributed by atoms with Crippen LogP contribution < -0.4 is 10.2 Å². The molecule has 0 aromatic heterocycles. The summed E-state index contributed by atoms with van der Waals surface area (Å²) in [4.78, 5) is 12.9. The van der Waals surface area contributed by atoms with Gasteiger partial charge in [-0.05, 0) is 24.6 Å². The van der Waals surface area contributed by atoms with Crippen LogP contribution in [0.2, 0.25) is 5.02 Å². The monoisotopic (exact) mass is 268 g/mol. The molecule has 2 rings (SSSR count). The molecular formula is C13H17ClN2O2. The van der Waals surface area contributed by atoms with E-state index in [2.05, 4.69) is 10.2 Å². The molecule has 1 fully saturated rings. The topological polar surface area (TPSA) is 52.6 Å². The highest BCUT2D eigenvalue weighted by molar-refractivity contribution is 6.30. The van der Waals surface area contributed by atoms with Crippen LogP contribution in [0.15, 0.2) is 24.3 Å². The van der Waals surface area contributed by atoms with Crippen molar-refractivity contribution in [3.63, 3.8) is 0 Å². The van der Waals surface area contributed by atoms with Crippen molar-refractivity contribution in [2.24, 2.45) is 0 Å². The van der Waals surface area contributed by atoms with Gasteiger partial charge in [0.05, 0.1) is 0 Å². The lowest BCUT2D eigenvalue weighted by atomic mass is 10.1. The highest BCUT2D eigenvalue weighted by Crippen LogP contribution is 2.23. The van der Waals surface area contributed by atoms with E-state index in [1.54, 1.807) is 0 Å². The number of hydrogen-bond donors (Lipinski definition) is 2. The molecule has 1 saturated heterocycles. The molecule has 1 aliphatic rings. The Hall–Kier alpha value is -1.26. The number of halogens is 1. The summed E-state index contributed by atoms with van der Waals surface area (Å²) in [6.07, 6.45) is 0.845. The van der Waals surface area contributed by atoms with Crippen LogP contribution in [-0.2, 0) is 4.79 Å². The molecule has 0 radical (unpaired) electrons. The number of carbonyl (C=O) groups is 1. The molecule has 0 bridgehead atoms. The number of nitrogens with zero attached hydrogens (tertiary/aromatic N) is 1. The van der Waals surface area contributed by atoms with E-state index in [0.717, 1.165) is 25.3 Å². The zero-order valence-corrected chi connectivity index (χ0v) is 10.9. The second-order valence-corrected chi connectivity index (χ2v) is 4.90. The summed E-state index contributed by atoms with van der Waals surface area (Å²) in [6, 6.07) is 7.94. The molecule has 98 valence electrons. The van der Waals surface area contributed by atoms with Gasteiger partial charge in [-0.25, -0.2) is 0 Å². The summed E-state index contributed by atoms with van der Waals surface area (Å²) < 4.78 is 0. The van der Waals surface area contributed by atoms with E-state index in [9.17, 15) is 4.79 Å². The molecular weight excluding hydrogens is 252 g/mol. The number of benzene rings is 1. The molecule has 1 atom stereocenters. The average molecular weight is 269 g/mol. The molecule has 0 saturated carbocycles. The lowest BCUT2D eigenvalue weighted by Crippen LogP contribution is -2.51. The third-order valence-electron chi connectivity index (χ3n) is 3.18. The maximum atomic E-state index is 10.7. The first-order valence-corrected chi connectivity index (χ1v) is 6.49. The first-order chi connectivity index (χ1) is 8.66. The highest BCUT2D eigenvalue weighted by atomic mass is 35.5. The molecule has 0 amide bonds. The fraction of sp³-hybridized carbons (Fsp3) is 0.462. The lowest BCUT2D eigenvalue weighted by molar-refractivity contribution is -0.137. The van der Waals surface area contributed by atoms with E-state index in [-0.39, 0.29) is 12.5 Å². The van der Waals surface area contributed by atoms with Gasteiger partial charge >= 0.3 is 5.97 Å². The first kappa shape index (κ1) is 13.2. The van der Waals surface area contributed by atoms with Gasteiger partial charge in [-0.3, -0.25) is 4.79 Å². The minimum Gasteiger partial charge on any atom is -0.481 e. The van der Waals surface area contributed by atoms with Gasteiger partial charge < -0.3 is 15.3 Å². The van der Waals surface area contributed by atoms with Crippen molar-refractivity contribution in [3.8, 4) is 0 Å². The van der Waals surface area contributed by atoms with E-state index < -0.39 is 5.97 Å². The van der Waals surface area contributed by atoms with Crippen LogP contribution in [0.25, 0.3) is 0 Å². The maximum Gasteiger partial charge on any atom is 0.303 e. The summed E-state index contributed by atoms with van der Waals surface area (Å²) >= 11 is 6.00. The molecule has 0 aliphatic carbocycles. The Morgan fingerprint density at radius 2 is 2.39 bits per heavy atom. The van der Waals surface area contributed by atoms with Crippen LogP contribution in [0.1, 0.15) is 12.8 Å². The Bertz CT molecular complexity index is 425. The smallest absolute Gasteiger partial charge is 0.303 e. The van der Waals surface area contributed by atoms with Crippen LogP contribution in [0, 0.1) is 0 Å². The largest absolute Gasteiger partial charge is 0.481 e. The van der Waals surface area contributed by atoms with Crippen LogP contribution in [0.4, 0.5) is 5.69 Å². The predicted octanol–water partition coefficient (Wildman–Crippen LogP) is 1.98. The minimum atomic E-state index is -0.744. The Morgan fingerprint density at radius 1 is 1.56 bits per heavy atom. The van der Waals surface area contributed by atoms with E-state index in [0.29, 0.717) is 11.4 Å². The van der Waals surface area contributed by atoms with Crippen molar-refractivity contribution < 1.29 is 9.90 Å². The Kier molecular flexibility index (Phi) is 4.44. The molecule has 2 N–H and O–H groups in total. The molecule has 1 aromatic carbocycles. The van der Waals surface area contributed by atoms with Crippen molar-refractivity contribution in [2.75, 3.05) is 24.5 Å². The van der Waals surface area contributed by atoms with Crippen molar-refractivity contribution in [1.29, 1.82) is 0 Å². The molecule has 4 nitrogen and oxygen atoms in total. The SMILES string of the molecule is O=C(O)CCC1CNCCN1c1cccc(Cl)c1. The van der Waals surface area contributed by atoms with Crippen molar-refractivity contribution in [1.82, 2.24) is 5.32 Å². The van der Waals surface area contributed by atoms with Crippen LogP contribution in [0.3, 0.4) is 0 Å². The van der Waals surface area contributed by atoms with Gasteiger partial charge in [-0.2, -0.15) is 0 Å². The Morgan fingerprint density at radius 3 is 3.11 bits per heavy atom. The zero-order chi connectivity index (χ0) is 13.0. The average Bonchev–Trinajstić information content (AvgIpc) is 2.36. The molecule has 0 spiro atoms. The quantitative estimate of drug-likeness (QED) is 0.877. The predicted molar refractivity (Wildman–Crippen MR) is 72.3 cm³/mol. The second kappa shape index (κ2) is 6.07. The molecule has 1 aromatic rings. The van der Waals surface area contributed by atoms with Gasteiger partial charge in [0.25, 0.3) is 0 Å². The van der Waals surface area contributed by atoms with Crippen molar-refractivity contribution in [2.45, 2.75) is 18.9 Å². The summed E-state index contributed by atoms with van der Waals surface area (Å²) in [5.74, 6) is -0.744. The number of rotatable bonds is 4. The van der Waals surface area contributed by atoms with Gasteiger partial charge in [-0.15, -0.1) is 0 Å². The highest BCUT2D eigenvalue weighted by Gasteiger charge is 2.23. The van der Waals surface area contributed by atoms with Crippen molar-refractivity contribution in [3.05, 3.63) is 29.3 Å². The summed E-state index contributed by atoms with van der Waals surface area (Å²) in [6.45, 7) is 2.61. The number of piperazine rings is 1. The van der Waals surface area contributed by atoms with Gasteiger partial charge in [0, 0.05) is 42.8 Å². The third kappa shape index (κ3) is 3.37. The van der Waals surface area contributed by atoms with E-state index in [4.69, 9.17) is 16.7 Å². The fourth-order valence-electron chi connectivity index (χ4n) is 2.30. The van der Waals surface area contributed by atoms with Crippen LogP contribution in [-0.4, -0.2) is 36.8 Å². The molecule has 5 heteroatoms. The van der Waals surface area contributed by atoms with Gasteiger partial charge in [0.1, 0.15) is 0 Å². The summed E-state index contributed by atoms with van der Waals surface area (Å²) in [7, 11) is 0. The number of nitrogens with one attached hydrogen (secondary N) is 1. The summed E-state index contributed by atoms with van der Waals surface area (Å²) in [5, 5.41) is 12.8. The van der Waals surface area contributed by atoms with E-state index in [1.165, 1.54) is 0 Å². The van der Waals surface area contributed by atoms with Crippen LogP contribution >= 0.6 is 11.6 Å². The van der Waals surface area contributed by atoms with E-state index in [1.807, 2.05) is 24.3 Å². The number of carboxylic acid groups (broad SMARTS) is 1. The zero-order valence-electron chi connectivity index (χ0n) is 10.1. The standard InChI is InChI=1S/C13H17ClN2O2/c14-10-2-1-3-11(8-10)16-7-6-15-9-12(16)4-5-13(17)18/h1-3,8,12,15H,4-7,9H2,(H,17,18). The molecule has 1 aliphatic heterocycles. The second-order valence-electron chi connectivity index (χ2n) is 4.46. The Balaban J connectivity index is 2.09. The number of carboxylic acids is 1. The van der Waals surface area contributed by atoms with Gasteiger partial charge in [0.15, 0.2) is 0 Å². The number of anilines is 1. The lowest BCUT2D eigenvalue weighted by Gasteiger charge is -2.38. The normalized spacial score (nSPS) is 19.8. The maximum absolute atomic E-state index is 10.7. The Labute approximate surface area is 112 Å². The first-order valence-electron chi connectivity index (χ1n) is 6.11. The number of hydrogen-bond acceptors (Lipinski definition) is 3. The molecule has 1 unspecified atom stereocenters. The van der Waals surface area contributed by atoms with Crippen molar-refractivity contribution >= 4 is 23.3 Å². The summed E-state index contributed by atoms with van der Waals surface area (Å²) in [5.41, 5.74) is 1.07. The van der Waals surface area contributed by atoms with Gasteiger partial charge in [0.2, 0.25) is 0 Å². The molecule has 18 heavy (non-hydrogen) atoms. The van der Waals surface area contributed by atoms with Gasteiger partial charge in [-0.1, -0.05) is 17.7 Å². The van der Waals surface area contributed by atoms with E-state index >= 15 is 0 Å². The molecule has 1 heterocycles.